The number of aliphatic carboxylic acids is 1. The molecule has 13 heavy (non-hydrogen) atoms. The molecule has 0 aliphatic rings. The van der Waals surface area contributed by atoms with Gasteiger partial charge in [-0.15, -0.1) is 0 Å². The summed E-state index contributed by atoms with van der Waals surface area (Å²) < 4.78 is 4.69. The minimum Gasteiger partial charge on any atom is -0.480 e. The molecular formula is C8H18N2O3. The van der Waals surface area contributed by atoms with Crippen LogP contribution in [0.3, 0.4) is 0 Å². The van der Waals surface area contributed by atoms with Crippen LogP contribution >= 0.6 is 0 Å². The average Bonchev–Trinajstić information content (AvgIpc) is 2.15. The van der Waals surface area contributed by atoms with Crippen LogP contribution in [-0.2, 0) is 9.53 Å². The van der Waals surface area contributed by atoms with Crippen molar-refractivity contribution in [3.8, 4) is 0 Å². The van der Waals surface area contributed by atoms with E-state index in [0.717, 1.165) is 0 Å². The molecule has 0 fully saturated rings. The molecule has 0 rings (SSSR count). The molecule has 78 valence electrons. The third kappa shape index (κ3) is 13.7. The molecule has 0 aromatic carbocycles. The van der Waals surface area contributed by atoms with Crippen LogP contribution in [0.4, 0.5) is 0 Å². The second-order valence-corrected chi connectivity index (χ2v) is 1.94. The van der Waals surface area contributed by atoms with E-state index in [1.807, 2.05) is 13.8 Å². The topological polar surface area (TPSA) is 98.6 Å². The van der Waals surface area contributed by atoms with Crippen molar-refractivity contribution in [3.05, 3.63) is 11.9 Å². The Morgan fingerprint density at radius 3 is 2.46 bits per heavy atom. The molecule has 5 heteroatoms. The summed E-state index contributed by atoms with van der Waals surface area (Å²) in [5, 5.41) is 8.14. The quantitative estimate of drug-likeness (QED) is 0.540. The van der Waals surface area contributed by atoms with Gasteiger partial charge in [0.15, 0.2) is 0 Å². The highest BCUT2D eigenvalue weighted by molar-refractivity contribution is 5.67. The molecule has 0 atom stereocenters. The van der Waals surface area contributed by atoms with Crippen LogP contribution in [0.2, 0.25) is 0 Å². The van der Waals surface area contributed by atoms with Crippen molar-refractivity contribution in [1.29, 1.82) is 0 Å². The van der Waals surface area contributed by atoms with Crippen molar-refractivity contribution in [1.82, 2.24) is 0 Å². The number of nitrogens with two attached hydrogens (primary N) is 2. The average molecular weight is 190 g/mol. The van der Waals surface area contributed by atoms with Crippen LogP contribution in [0.5, 0.6) is 0 Å². The zero-order valence-electron chi connectivity index (χ0n) is 8.12. The lowest BCUT2D eigenvalue weighted by Crippen LogP contribution is -2.10. The predicted octanol–water partition coefficient (Wildman–Crippen LogP) is 0.263. The number of carbonyl (C=O) groups is 1. The standard InChI is InChI=1S/C6H12N2O3.C2H6/c7-3-5(8)1-2-11-4-6(9)10;1-2/h3H,1-2,4,7-8H2,(H,9,10);1-2H3/b5-3-;. The highest BCUT2D eigenvalue weighted by Crippen LogP contribution is 1.89. The Kier molecular flexibility index (Phi) is 11.8. The van der Waals surface area contributed by atoms with Gasteiger partial charge in [-0.2, -0.15) is 0 Å². The predicted molar refractivity (Wildman–Crippen MR) is 50.9 cm³/mol. The number of hydrogen-bond donors (Lipinski definition) is 3. The van der Waals surface area contributed by atoms with Gasteiger partial charge < -0.3 is 21.3 Å². The van der Waals surface area contributed by atoms with E-state index in [9.17, 15) is 4.79 Å². The zero-order chi connectivity index (χ0) is 10.7. The molecule has 0 saturated carbocycles. The molecular weight excluding hydrogens is 172 g/mol. The second-order valence-electron chi connectivity index (χ2n) is 1.94. The fourth-order valence-electron chi connectivity index (χ4n) is 0.433. The van der Waals surface area contributed by atoms with Gasteiger partial charge >= 0.3 is 5.97 Å². The van der Waals surface area contributed by atoms with E-state index in [2.05, 4.69) is 0 Å². The molecule has 0 aromatic heterocycles. The first-order chi connectivity index (χ1) is 6.16. The lowest BCUT2D eigenvalue weighted by molar-refractivity contribution is -0.142. The van der Waals surface area contributed by atoms with Crippen LogP contribution in [0.25, 0.3) is 0 Å². The number of carboxylic acids is 1. The largest absolute Gasteiger partial charge is 0.480 e. The summed E-state index contributed by atoms with van der Waals surface area (Å²) in [6.07, 6.45) is 1.73. The maximum absolute atomic E-state index is 9.92. The lowest BCUT2D eigenvalue weighted by atomic mass is 10.3. The van der Waals surface area contributed by atoms with Crippen LogP contribution < -0.4 is 11.5 Å². The Labute approximate surface area is 78.4 Å². The van der Waals surface area contributed by atoms with Gasteiger partial charge in [-0.25, -0.2) is 4.79 Å². The van der Waals surface area contributed by atoms with Crippen molar-refractivity contribution in [2.45, 2.75) is 20.3 Å². The van der Waals surface area contributed by atoms with E-state index in [-0.39, 0.29) is 13.2 Å². The molecule has 0 unspecified atom stereocenters. The second kappa shape index (κ2) is 10.8. The summed E-state index contributed by atoms with van der Waals surface area (Å²) in [6.45, 7) is 3.99. The van der Waals surface area contributed by atoms with Gasteiger partial charge in [0.05, 0.1) is 6.61 Å². The maximum atomic E-state index is 9.92. The van der Waals surface area contributed by atoms with E-state index in [0.29, 0.717) is 12.1 Å². The molecule has 0 amide bonds. The smallest absolute Gasteiger partial charge is 0.329 e. The van der Waals surface area contributed by atoms with Gasteiger partial charge in [-0.05, 0) is 0 Å². The Morgan fingerprint density at radius 2 is 2.08 bits per heavy atom. The lowest BCUT2D eigenvalue weighted by Gasteiger charge is -1.99. The van der Waals surface area contributed by atoms with E-state index < -0.39 is 5.97 Å². The van der Waals surface area contributed by atoms with Gasteiger partial charge in [0.1, 0.15) is 6.61 Å². The zero-order valence-corrected chi connectivity index (χ0v) is 8.12. The third-order valence-electron chi connectivity index (χ3n) is 0.975. The number of rotatable bonds is 5. The molecule has 0 spiro atoms. The van der Waals surface area contributed by atoms with Crippen LogP contribution in [0.15, 0.2) is 11.9 Å². The molecule has 0 aliphatic heterocycles. The fourth-order valence-corrected chi connectivity index (χ4v) is 0.433. The van der Waals surface area contributed by atoms with Crippen LogP contribution in [0.1, 0.15) is 20.3 Å². The maximum Gasteiger partial charge on any atom is 0.329 e. The summed E-state index contributed by atoms with van der Waals surface area (Å²) in [6, 6.07) is 0. The Balaban J connectivity index is 0. The van der Waals surface area contributed by atoms with E-state index >= 15 is 0 Å². The Bertz CT molecular complexity index is 157. The number of carboxylic acid groups (broad SMARTS) is 1. The summed E-state index contributed by atoms with van der Waals surface area (Å²) >= 11 is 0. The normalized spacial score (nSPS) is 10.2. The number of ether oxygens (including phenoxy) is 1. The van der Waals surface area contributed by atoms with Crippen molar-refractivity contribution >= 4 is 5.97 Å². The minimum absolute atomic E-state index is 0.284. The van der Waals surface area contributed by atoms with Crippen LogP contribution in [-0.4, -0.2) is 24.3 Å². The first kappa shape index (κ1) is 14.3. The minimum atomic E-state index is -0.986. The van der Waals surface area contributed by atoms with Crippen LogP contribution in [0, 0.1) is 0 Å². The van der Waals surface area contributed by atoms with Crippen molar-refractivity contribution < 1.29 is 14.6 Å². The van der Waals surface area contributed by atoms with Gasteiger partial charge in [0.25, 0.3) is 0 Å². The summed E-state index contributed by atoms with van der Waals surface area (Å²) in [5.41, 5.74) is 10.8. The van der Waals surface area contributed by atoms with E-state index in [4.69, 9.17) is 21.3 Å². The van der Waals surface area contributed by atoms with Crippen molar-refractivity contribution in [2.75, 3.05) is 13.2 Å². The molecule has 5 nitrogen and oxygen atoms in total. The first-order valence-corrected chi connectivity index (χ1v) is 4.12. The van der Waals surface area contributed by atoms with Gasteiger partial charge in [0.2, 0.25) is 0 Å². The molecule has 0 aliphatic carbocycles. The van der Waals surface area contributed by atoms with Crippen molar-refractivity contribution in [2.24, 2.45) is 11.5 Å². The molecule has 5 N–H and O–H groups in total. The highest BCUT2D eigenvalue weighted by Gasteiger charge is 1.95. The monoisotopic (exact) mass is 190 g/mol. The third-order valence-corrected chi connectivity index (χ3v) is 0.975. The molecule has 0 saturated heterocycles. The Hall–Kier alpha value is -1.23. The van der Waals surface area contributed by atoms with Crippen molar-refractivity contribution in [3.63, 3.8) is 0 Å². The fraction of sp³-hybridized carbons (Fsp3) is 0.625. The molecule has 0 radical (unpaired) electrons. The summed E-state index contributed by atoms with van der Waals surface area (Å²) in [5.74, 6) is -0.986. The van der Waals surface area contributed by atoms with Gasteiger partial charge in [-0.3, -0.25) is 0 Å². The number of hydrogen-bond acceptors (Lipinski definition) is 4. The van der Waals surface area contributed by atoms with Gasteiger partial charge in [0, 0.05) is 18.3 Å². The Morgan fingerprint density at radius 1 is 1.54 bits per heavy atom. The summed E-state index contributed by atoms with van der Waals surface area (Å²) in [4.78, 5) is 9.92. The van der Waals surface area contributed by atoms with E-state index in [1.54, 1.807) is 0 Å². The SMILES string of the molecule is CC.N/C=C(\N)CCOCC(=O)O. The highest BCUT2D eigenvalue weighted by atomic mass is 16.5. The first-order valence-electron chi connectivity index (χ1n) is 4.12. The molecule has 0 aromatic rings. The van der Waals surface area contributed by atoms with Gasteiger partial charge in [-0.1, -0.05) is 13.8 Å². The van der Waals surface area contributed by atoms with E-state index in [1.165, 1.54) is 6.20 Å². The summed E-state index contributed by atoms with van der Waals surface area (Å²) in [7, 11) is 0. The molecule has 0 bridgehead atoms. The molecule has 0 heterocycles.